The van der Waals surface area contributed by atoms with Gasteiger partial charge in [-0.1, -0.05) is 196 Å². The lowest BCUT2D eigenvalue weighted by molar-refractivity contribution is -0.0291. The van der Waals surface area contributed by atoms with E-state index in [0.717, 1.165) is 61.7 Å². The number of fused-ring (bicyclic) bond motifs is 12. The topological polar surface area (TPSA) is 15.7 Å². The Hall–Kier alpha value is -4.86. The Labute approximate surface area is 568 Å². The molecule has 4 saturated carbocycles. The molecule has 0 aromatic heterocycles. The first-order chi connectivity index (χ1) is 46.3. The lowest BCUT2D eigenvalue weighted by atomic mass is 9.50. The summed E-state index contributed by atoms with van der Waals surface area (Å²) < 4.78 is 7.14. The highest BCUT2D eigenvalue weighted by atomic mass is 16.5. The Balaban J connectivity index is 0.713. The predicted octanol–water partition coefficient (Wildman–Crippen LogP) is 23.4. The zero-order chi connectivity index (χ0) is 62.7. The first-order valence-corrected chi connectivity index (χ1v) is 40.3. The molecule has 0 radical (unpaired) electrons. The lowest BCUT2D eigenvalue weighted by Gasteiger charge is -2.56. The van der Waals surface area contributed by atoms with E-state index in [1.807, 2.05) is 45.1 Å². The van der Waals surface area contributed by atoms with Crippen LogP contribution in [-0.2, 0) is 4.74 Å². The van der Waals surface area contributed by atoms with Gasteiger partial charge in [0.2, 0.25) is 0 Å². The monoisotopic (exact) mass is 1250 g/mol. The van der Waals surface area contributed by atoms with Crippen molar-refractivity contribution in [3.8, 4) is 0 Å². The van der Waals surface area contributed by atoms with Crippen LogP contribution in [0.1, 0.15) is 251 Å². The van der Waals surface area contributed by atoms with E-state index >= 15 is 0 Å². The van der Waals surface area contributed by atoms with E-state index < -0.39 is 0 Å². The number of rotatable bonds is 12. The van der Waals surface area contributed by atoms with Crippen LogP contribution in [-0.4, -0.2) is 40.1 Å². The molecule has 4 fully saturated rings. The van der Waals surface area contributed by atoms with Crippen LogP contribution in [0.3, 0.4) is 0 Å². The van der Waals surface area contributed by atoms with Gasteiger partial charge < -0.3 is 14.5 Å². The normalized spacial score (nSPS) is 41.5. The van der Waals surface area contributed by atoms with Gasteiger partial charge in [-0.3, -0.25) is 0 Å². The molecule has 0 amide bonds. The van der Waals surface area contributed by atoms with E-state index in [0.29, 0.717) is 59.9 Å². The molecule has 0 N–H and O–H groups in total. The second-order valence-corrected chi connectivity index (χ2v) is 34.5. The van der Waals surface area contributed by atoms with Crippen molar-refractivity contribution in [1.29, 1.82) is 0 Å². The minimum atomic E-state index is 0.174. The number of nitrogens with zero attached hydrogens (tertiary/aromatic N) is 2. The summed E-state index contributed by atoms with van der Waals surface area (Å²) >= 11 is 0. The van der Waals surface area contributed by atoms with Gasteiger partial charge in [0.15, 0.2) is 0 Å². The van der Waals surface area contributed by atoms with Gasteiger partial charge in [0.05, 0.1) is 12.2 Å². The van der Waals surface area contributed by atoms with Crippen LogP contribution in [0.4, 0.5) is 0 Å². The maximum absolute atomic E-state index is 7.14. The summed E-state index contributed by atoms with van der Waals surface area (Å²) in [5.74, 6) is 7.01. The van der Waals surface area contributed by atoms with E-state index in [1.54, 1.807) is 28.2 Å². The second kappa shape index (κ2) is 25.1. The highest BCUT2D eigenvalue weighted by Gasteiger charge is 2.69. The van der Waals surface area contributed by atoms with Crippen LogP contribution in [0.15, 0.2) is 201 Å². The Morgan fingerprint density at radius 2 is 1.44 bits per heavy atom. The average Bonchev–Trinajstić information content (AvgIpc) is 1.51. The van der Waals surface area contributed by atoms with E-state index in [-0.39, 0.29) is 16.2 Å². The summed E-state index contributed by atoms with van der Waals surface area (Å²) in [6.07, 6.45) is 97.3. The van der Waals surface area contributed by atoms with Gasteiger partial charge in [-0.05, 0) is 292 Å². The SMILES string of the molecule is C=CC1=CCC(C2CC=C3C(C2)C2=C(C=CC(C4=CC=C(N(C5C=CC6(C)C7CCCCC7C(C7=CCC(OC8CC=C(C=C)CC8)CC7)(C7CCCCC7)C6C5)C5CCC6=C(C5)C5(C7=C(CCC=C7)C7=C5CCCC7)C5CCCCC65)CC4)C2)N3C2CC=CCC2)C=C1. The van der Waals surface area contributed by atoms with Crippen molar-refractivity contribution in [3.05, 3.63) is 201 Å². The van der Waals surface area contributed by atoms with Crippen LogP contribution in [0.25, 0.3) is 0 Å². The lowest BCUT2D eigenvalue weighted by Crippen LogP contribution is -2.51. The molecule has 0 aromatic rings. The van der Waals surface area contributed by atoms with Gasteiger partial charge in [-0.25, -0.2) is 0 Å². The van der Waals surface area contributed by atoms with E-state index in [1.165, 1.54) is 223 Å². The molecule has 94 heavy (non-hydrogen) atoms. The van der Waals surface area contributed by atoms with Gasteiger partial charge in [-0.2, -0.15) is 0 Å². The third kappa shape index (κ3) is 9.86. The molecular weight excluding hydrogens is 1140 g/mol. The largest absolute Gasteiger partial charge is 0.374 e. The fourth-order valence-corrected chi connectivity index (χ4v) is 26.9. The molecule has 3 heteroatoms. The molecule has 0 aromatic carbocycles. The van der Waals surface area contributed by atoms with Crippen molar-refractivity contribution in [3.63, 3.8) is 0 Å². The van der Waals surface area contributed by atoms with E-state index in [2.05, 4.69) is 133 Å². The molecule has 0 bridgehead atoms. The van der Waals surface area contributed by atoms with Gasteiger partial charge in [0.1, 0.15) is 0 Å². The zero-order valence-electron chi connectivity index (χ0n) is 58.1. The van der Waals surface area contributed by atoms with Crippen molar-refractivity contribution in [2.24, 2.45) is 75.4 Å². The molecule has 17 unspecified atom stereocenters. The van der Waals surface area contributed by atoms with Gasteiger partial charge >= 0.3 is 0 Å². The number of hydrogen-bond acceptors (Lipinski definition) is 3. The Morgan fingerprint density at radius 1 is 0.596 bits per heavy atom. The third-order valence-electron chi connectivity index (χ3n) is 30.7. The molecule has 496 valence electrons. The van der Waals surface area contributed by atoms with E-state index in [4.69, 9.17) is 4.74 Å². The summed E-state index contributed by atoms with van der Waals surface area (Å²) in [7, 11) is 0. The quantitative estimate of drug-likeness (QED) is 0.181. The Kier molecular flexibility index (Phi) is 16.4. The van der Waals surface area contributed by atoms with Crippen LogP contribution < -0.4 is 0 Å². The zero-order valence-corrected chi connectivity index (χ0v) is 58.1. The fraction of sp³-hybridized carbons (Fsp3) is 0.626. The van der Waals surface area contributed by atoms with E-state index in [9.17, 15) is 0 Å². The maximum Gasteiger partial charge on any atom is 0.0616 e. The summed E-state index contributed by atoms with van der Waals surface area (Å²) in [6, 6.07) is 1.54. The molecule has 1 spiro atoms. The molecule has 18 aliphatic rings. The smallest absolute Gasteiger partial charge is 0.0616 e. The predicted molar refractivity (Wildman–Crippen MR) is 390 cm³/mol. The van der Waals surface area contributed by atoms with Gasteiger partial charge in [0.25, 0.3) is 0 Å². The summed E-state index contributed by atoms with van der Waals surface area (Å²) in [5, 5.41) is 0. The Bertz CT molecular complexity index is 3550. The van der Waals surface area contributed by atoms with Crippen molar-refractivity contribution in [1.82, 2.24) is 9.80 Å². The highest BCUT2D eigenvalue weighted by molar-refractivity contribution is 5.67. The van der Waals surface area contributed by atoms with Crippen LogP contribution in [0, 0.1) is 75.4 Å². The van der Waals surface area contributed by atoms with Crippen LogP contribution in [0.5, 0.6) is 0 Å². The molecule has 1 heterocycles. The van der Waals surface area contributed by atoms with Crippen molar-refractivity contribution in [2.45, 2.75) is 281 Å². The molecule has 1 aliphatic heterocycles. The van der Waals surface area contributed by atoms with Crippen molar-refractivity contribution in [2.75, 3.05) is 0 Å². The number of ether oxygens (including phenoxy) is 1. The molecule has 17 atom stereocenters. The minimum absolute atomic E-state index is 0.174. The standard InChI is InChI=1S/C91H116N2O/c1-4-60-32-36-62(37-33-60)64-40-52-86-78(56-64)79-57-65(41-53-87(79)93(86)68-22-10-7-11-23-68)63-38-44-69(45-39-63)92(70-46-51-77-76-26-14-17-29-82(76)91(85(77)58-70)80-27-15-12-24-74(80)75-25-13-16-28-81(75)91)71-54-55-89(3)83-30-18-19-31-84(83)90(88(89)59-71,66-20-8-6-9-21-66)67-42-49-73(50-43-67)94-72-47-34-61(5-2)35-48-72/h4-5,7,10,15,27,32-34,36,38,41-42,44,52-55,62,64-66,68,70-73,76,78,82-84,88H,1-2,6,8-9,11-14,16-26,28-31,35,37,39-40,43,45-51,56-59H2,3H3. The fourth-order valence-electron chi connectivity index (χ4n) is 26.9. The van der Waals surface area contributed by atoms with Crippen LogP contribution >= 0.6 is 0 Å². The van der Waals surface area contributed by atoms with Crippen molar-refractivity contribution >= 4 is 0 Å². The molecule has 3 nitrogen and oxygen atoms in total. The van der Waals surface area contributed by atoms with Crippen LogP contribution in [0.2, 0.25) is 0 Å². The van der Waals surface area contributed by atoms with Gasteiger partial charge in [-0.15, -0.1) is 0 Å². The third-order valence-corrected chi connectivity index (χ3v) is 30.7. The minimum Gasteiger partial charge on any atom is -0.374 e. The number of hydrogen-bond donors (Lipinski definition) is 0. The Morgan fingerprint density at radius 3 is 2.22 bits per heavy atom. The average molecular weight is 1250 g/mol. The molecular formula is C91H116N2O. The maximum atomic E-state index is 7.14. The molecule has 17 aliphatic carbocycles. The number of allylic oxidation sites excluding steroid dienone is 25. The highest BCUT2D eigenvalue weighted by Crippen LogP contribution is 2.76. The first kappa shape index (κ1) is 61.5. The second-order valence-electron chi connectivity index (χ2n) is 34.5. The summed E-state index contributed by atoms with van der Waals surface area (Å²) in [5.41, 5.74) is 25.3. The molecule has 0 saturated heterocycles. The summed E-state index contributed by atoms with van der Waals surface area (Å²) in [4.78, 5) is 6.19. The molecule has 18 rings (SSSR count). The summed E-state index contributed by atoms with van der Waals surface area (Å²) in [6.45, 7) is 11.1. The van der Waals surface area contributed by atoms with Gasteiger partial charge in [0, 0.05) is 57.9 Å². The first-order valence-electron chi connectivity index (χ1n) is 40.3. The van der Waals surface area contributed by atoms with Crippen molar-refractivity contribution < 1.29 is 4.74 Å².